The Hall–Kier alpha value is -2.63. The van der Waals surface area contributed by atoms with E-state index < -0.39 is 0 Å². The Labute approximate surface area is 177 Å². The number of aromatic nitrogens is 2. The Kier molecular flexibility index (Phi) is 6.72. The number of halogens is 1. The van der Waals surface area contributed by atoms with E-state index in [1.807, 2.05) is 87.2 Å². The number of hydrogen-bond acceptors (Lipinski definition) is 3. The minimum absolute atomic E-state index is 0.00877. The average Bonchev–Trinajstić information content (AvgIpc) is 3.00. The van der Waals surface area contributed by atoms with Crippen LogP contribution >= 0.6 is 11.6 Å². The van der Waals surface area contributed by atoms with Gasteiger partial charge < -0.3 is 10.2 Å². The van der Waals surface area contributed by atoms with Gasteiger partial charge in [-0.1, -0.05) is 41.9 Å². The van der Waals surface area contributed by atoms with Gasteiger partial charge in [-0.2, -0.15) is 5.10 Å². The number of carbonyl (C=O) groups excluding carboxylic acids is 1. The monoisotopic (exact) mass is 410 g/mol. The molecule has 0 radical (unpaired) electrons. The number of benzene rings is 2. The maximum Gasteiger partial charge on any atom is 0.251 e. The molecule has 29 heavy (non-hydrogen) atoms. The topological polar surface area (TPSA) is 50.2 Å². The third-order valence-electron chi connectivity index (χ3n) is 4.97. The largest absolute Gasteiger partial charge is 0.350 e. The summed E-state index contributed by atoms with van der Waals surface area (Å²) in [5.74, 6) is -0.0980. The number of rotatable bonds is 7. The van der Waals surface area contributed by atoms with Crippen LogP contribution in [0, 0.1) is 13.8 Å². The molecule has 1 amide bonds. The fourth-order valence-electron chi connectivity index (χ4n) is 3.43. The Morgan fingerprint density at radius 3 is 2.55 bits per heavy atom. The van der Waals surface area contributed by atoms with Gasteiger partial charge in [0.2, 0.25) is 0 Å². The molecule has 0 aliphatic carbocycles. The zero-order valence-corrected chi connectivity index (χ0v) is 18.1. The van der Waals surface area contributed by atoms with Crippen molar-refractivity contribution in [3.63, 3.8) is 0 Å². The molecule has 1 atom stereocenters. The van der Waals surface area contributed by atoms with Gasteiger partial charge in [0.1, 0.15) is 0 Å². The molecular formula is C23H27ClN4O. The van der Waals surface area contributed by atoms with Crippen molar-refractivity contribution < 1.29 is 4.79 Å². The molecule has 0 fully saturated rings. The van der Waals surface area contributed by atoms with Crippen molar-refractivity contribution in [2.75, 3.05) is 20.6 Å². The standard InChI is InChI=1S/C23H27ClN4O/c1-16-12-17(2)28(26-16)15-18-8-7-9-19(13-18)23(29)25-14-22(27(3)4)20-10-5-6-11-21(20)24/h5-13,22H,14-15H2,1-4H3,(H,25,29). The Balaban J connectivity index is 1.70. The highest BCUT2D eigenvalue weighted by atomic mass is 35.5. The highest BCUT2D eigenvalue weighted by Crippen LogP contribution is 2.25. The van der Waals surface area contributed by atoms with Gasteiger partial charge >= 0.3 is 0 Å². The smallest absolute Gasteiger partial charge is 0.251 e. The van der Waals surface area contributed by atoms with E-state index in [4.69, 9.17) is 11.6 Å². The zero-order chi connectivity index (χ0) is 21.0. The van der Waals surface area contributed by atoms with Gasteiger partial charge in [0, 0.05) is 22.8 Å². The van der Waals surface area contributed by atoms with Crippen LogP contribution in [-0.4, -0.2) is 41.2 Å². The third kappa shape index (κ3) is 5.25. The molecule has 1 aromatic heterocycles. The molecule has 0 saturated carbocycles. The van der Waals surface area contributed by atoms with E-state index >= 15 is 0 Å². The van der Waals surface area contributed by atoms with Gasteiger partial charge in [-0.15, -0.1) is 0 Å². The van der Waals surface area contributed by atoms with Crippen molar-refractivity contribution in [3.05, 3.63) is 87.7 Å². The highest BCUT2D eigenvalue weighted by Gasteiger charge is 2.18. The van der Waals surface area contributed by atoms with Crippen molar-refractivity contribution in [1.29, 1.82) is 0 Å². The number of likely N-dealkylation sites (N-methyl/N-ethyl adjacent to an activating group) is 1. The number of nitrogens with one attached hydrogen (secondary N) is 1. The second kappa shape index (κ2) is 9.25. The first-order valence-corrected chi connectivity index (χ1v) is 10.0. The van der Waals surface area contributed by atoms with Gasteiger partial charge in [0.25, 0.3) is 5.91 Å². The first-order valence-electron chi connectivity index (χ1n) is 9.64. The van der Waals surface area contributed by atoms with Gasteiger partial charge in [-0.25, -0.2) is 0 Å². The Morgan fingerprint density at radius 1 is 1.14 bits per heavy atom. The number of aryl methyl sites for hydroxylation is 2. The summed E-state index contributed by atoms with van der Waals surface area (Å²) in [6, 6.07) is 17.5. The van der Waals surface area contributed by atoms with Crippen molar-refractivity contribution in [2.45, 2.75) is 26.4 Å². The highest BCUT2D eigenvalue weighted by molar-refractivity contribution is 6.31. The fraction of sp³-hybridized carbons (Fsp3) is 0.304. The van der Waals surface area contributed by atoms with Crippen LogP contribution in [0.25, 0.3) is 0 Å². The van der Waals surface area contributed by atoms with Crippen LogP contribution in [0.4, 0.5) is 0 Å². The number of amides is 1. The molecular weight excluding hydrogens is 384 g/mol. The predicted molar refractivity (Wildman–Crippen MR) is 117 cm³/mol. The molecule has 0 bridgehead atoms. The fourth-order valence-corrected chi connectivity index (χ4v) is 3.69. The van der Waals surface area contributed by atoms with Crippen LogP contribution in [0.3, 0.4) is 0 Å². The normalized spacial score (nSPS) is 12.2. The van der Waals surface area contributed by atoms with Crippen LogP contribution in [0.15, 0.2) is 54.6 Å². The lowest BCUT2D eigenvalue weighted by Crippen LogP contribution is -2.34. The molecule has 3 rings (SSSR count). The van der Waals surface area contributed by atoms with Crippen LogP contribution in [-0.2, 0) is 6.54 Å². The second-order valence-corrected chi connectivity index (χ2v) is 7.90. The van der Waals surface area contributed by atoms with Crippen LogP contribution < -0.4 is 5.32 Å². The van der Waals surface area contributed by atoms with E-state index in [2.05, 4.69) is 15.3 Å². The summed E-state index contributed by atoms with van der Waals surface area (Å²) in [7, 11) is 3.96. The van der Waals surface area contributed by atoms with E-state index in [0.717, 1.165) is 22.5 Å². The molecule has 2 aromatic carbocycles. The first kappa shape index (κ1) is 21.1. The zero-order valence-electron chi connectivity index (χ0n) is 17.3. The maximum atomic E-state index is 12.8. The van der Waals surface area contributed by atoms with Crippen molar-refractivity contribution >= 4 is 17.5 Å². The third-order valence-corrected chi connectivity index (χ3v) is 5.31. The molecule has 6 heteroatoms. The molecule has 3 aromatic rings. The van der Waals surface area contributed by atoms with E-state index in [-0.39, 0.29) is 11.9 Å². The number of carbonyl (C=O) groups is 1. The molecule has 0 aliphatic heterocycles. The lowest BCUT2D eigenvalue weighted by molar-refractivity contribution is 0.0942. The van der Waals surface area contributed by atoms with Gasteiger partial charge in [-0.05, 0) is 63.3 Å². The molecule has 0 spiro atoms. The molecule has 1 heterocycles. The van der Waals surface area contributed by atoms with Crippen LogP contribution in [0.1, 0.15) is 38.9 Å². The predicted octanol–water partition coefficient (Wildman–Crippen LogP) is 4.23. The maximum absolute atomic E-state index is 12.8. The summed E-state index contributed by atoms with van der Waals surface area (Å²) < 4.78 is 1.95. The molecule has 0 saturated heterocycles. The number of nitrogens with zero attached hydrogens (tertiary/aromatic N) is 3. The van der Waals surface area contributed by atoms with Crippen LogP contribution in [0.5, 0.6) is 0 Å². The minimum Gasteiger partial charge on any atom is -0.350 e. The van der Waals surface area contributed by atoms with Crippen molar-refractivity contribution in [3.8, 4) is 0 Å². The SMILES string of the molecule is Cc1cc(C)n(Cc2cccc(C(=O)NCC(c3ccccc3Cl)N(C)C)c2)n1. The average molecular weight is 411 g/mol. The lowest BCUT2D eigenvalue weighted by atomic mass is 10.1. The quantitative estimate of drug-likeness (QED) is 0.634. The summed E-state index contributed by atoms with van der Waals surface area (Å²) in [5, 5.41) is 8.25. The summed E-state index contributed by atoms with van der Waals surface area (Å²) in [6.07, 6.45) is 0. The summed E-state index contributed by atoms with van der Waals surface area (Å²) in [5.41, 5.74) is 4.77. The Bertz CT molecular complexity index is 996. The Morgan fingerprint density at radius 2 is 1.90 bits per heavy atom. The van der Waals surface area contributed by atoms with Crippen molar-refractivity contribution in [2.24, 2.45) is 0 Å². The van der Waals surface area contributed by atoms with Crippen molar-refractivity contribution in [1.82, 2.24) is 20.0 Å². The summed E-state index contributed by atoms with van der Waals surface area (Å²) >= 11 is 6.36. The molecule has 1 N–H and O–H groups in total. The van der Waals surface area contributed by atoms with Gasteiger partial charge in [-0.3, -0.25) is 9.48 Å². The second-order valence-electron chi connectivity index (χ2n) is 7.50. The summed E-state index contributed by atoms with van der Waals surface area (Å²) in [6.45, 7) is 5.12. The van der Waals surface area contributed by atoms with Gasteiger partial charge in [0.05, 0.1) is 18.3 Å². The van der Waals surface area contributed by atoms with E-state index in [9.17, 15) is 4.79 Å². The molecule has 1 unspecified atom stereocenters. The van der Waals surface area contributed by atoms with Gasteiger partial charge in [0.15, 0.2) is 0 Å². The van der Waals surface area contributed by atoms with E-state index in [1.165, 1.54) is 0 Å². The number of hydrogen-bond donors (Lipinski definition) is 1. The molecule has 5 nitrogen and oxygen atoms in total. The molecule has 0 aliphatic rings. The van der Waals surface area contributed by atoms with E-state index in [0.29, 0.717) is 23.7 Å². The molecule has 152 valence electrons. The minimum atomic E-state index is -0.0980. The van der Waals surface area contributed by atoms with Crippen LogP contribution in [0.2, 0.25) is 5.02 Å². The van der Waals surface area contributed by atoms with E-state index in [1.54, 1.807) is 0 Å². The lowest BCUT2D eigenvalue weighted by Gasteiger charge is -2.26. The summed E-state index contributed by atoms with van der Waals surface area (Å²) in [4.78, 5) is 14.8. The first-order chi connectivity index (χ1) is 13.8.